The van der Waals surface area contributed by atoms with Crippen molar-refractivity contribution in [2.24, 2.45) is 0 Å². The van der Waals surface area contributed by atoms with Crippen molar-refractivity contribution in [3.63, 3.8) is 0 Å². The summed E-state index contributed by atoms with van der Waals surface area (Å²) in [7, 11) is 1.77. The van der Waals surface area contributed by atoms with Gasteiger partial charge in [-0.3, -0.25) is 0 Å². The number of benzene rings is 1. The molecule has 1 aliphatic rings. The van der Waals surface area contributed by atoms with Gasteiger partial charge in [0.25, 0.3) is 0 Å². The summed E-state index contributed by atoms with van der Waals surface area (Å²) in [6, 6.07) is 10.4. The molecule has 1 aromatic carbocycles. The zero-order chi connectivity index (χ0) is 14.2. The molecule has 0 aromatic heterocycles. The molecule has 0 aliphatic carbocycles. The molecule has 110 valence electrons. The highest BCUT2D eigenvalue weighted by molar-refractivity contribution is 5.23. The Hall–Kier alpha value is -1.32. The van der Waals surface area contributed by atoms with E-state index in [-0.39, 0.29) is 12.1 Å². The summed E-state index contributed by atoms with van der Waals surface area (Å²) in [6.45, 7) is 3.93. The Balaban J connectivity index is 2.21. The van der Waals surface area contributed by atoms with Crippen LogP contribution in [0, 0.1) is 0 Å². The summed E-state index contributed by atoms with van der Waals surface area (Å²) in [5, 5.41) is 3.57. The van der Waals surface area contributed by atoms with Crippen LogP contribution in [0.2, 0.25) is 0 Å². The smallest absolute Gasteiger partial charge is 0.112 e. The Morgan fingerprint density at radius 1 is 1.30 bits per heavy atom. The molecule has 0 bridgehead atoms. The molecule has 1 aromatic rings. The Morgan fingerprint density at radius 2 is 2.10 bits per heavy atom. The van der Waals surface area contributed by atoms with Crippen LogP contribution in [0.1, 0.15) is 37.9 Å². The van der Waals surface area contributed by atoms with Gasteiger partial charge in [0.05, 0.1) is 12.6 Å². The molecule has 3 heteroatoms. The lowest BCUT2D eigenvalue weighted by molar-refractivity contribution is 0.0493. The molecule has 1 heterocycles. The molecule has 0 saturated heterocycles. The third-order valence-electron chi connectivity index (χ3n) is 3.57. The standard InChI is InChI=1S/C17H25NO2/c1-3-12-18-16(15-11-7-8-13-20-15)17(19-2)14-9-5-4-6-10-14/h4-6,9-11,16-18H,3,7-8,12-13H2,1-2H3. The van der Waals surface area contributed by atoms with Crippen LogP contribution in [-0.4, -0.2) is 26.3 Å². The van der Waals surface area contributed by atoms with E-state index in [0.717, 1.165) is 38.2 Å². The first-order valence-corrected chi connectivity index (χ1v) is 7.50. The molecular weight excluding hydrogens is 250 g/mol. The van der Waals surface area contributed by atoms with Gasteiger partial charge in [0.1, 0.15) is 11.9 Å². The van der Waals surface area contributed by atoms with Crippen LogP contribution in [-0.2, 0) is 9.47 Å². The van der Waals surface area contributed by atoms with E-state index in [9.17, 15) is 0 Å². The molecule has 0 spiro atoms. The molecule has 20 heavy (non-hydrogen) atoms. The van der Waals surface area contributed by atoms with E-state index in [2.05, 4.69) is 30.4 Å². The van der Waals surface area contributed by atoms with Gasteiger partial charge in [0.15, 0.2) is 0 Å². The lowest BCUT2D eigenvalue weighted by Gasteiger charge is -2.31. The maximum atomic E-state index is 5.86. The zero-order valence-electron chi connectivity index (χ0n) is 12.5. The molecule has 0 radical (unpaired) electrons. The van der Waals surface area contributed by atoms with Crippen LogP contribution < -0.4 is 5.32 Å². The predicted octanol–water partition coefficient (Wildman–Crippen LogP) is 3.44. The first-order chi connectivity index (χ1) is 9.86. The number of allylic oxidation sites excluding steroid dienone is 1. The molecule has 2 unspecified atom stereocenters. The van der Waals surface area contributed by atoms with E-state index in [1.165, 1.54) is 5.56 Å². The average molecular weight is 275 g/mol. The van der Waals surface area contributed by atoms with Crippen molar-refractivity contribution >= 4 is 0 Å². The highest BCUT2D eigenvalue weighted by atomic mass is 16.5. The largest absolute Gasteiger partial charge is 0.496 e. The summed E-state index contributed by atoms with van der Waals surface area (Å²) < 4.78 is 11.6. The van der Waals surface area contributed by atoms with Crippen LogP contribution in [0.4, 0.5) is 0 Å². The summed E-state index contributed by atoms with van der Waals surface area (Å²) in [5.41, 5.74) is 1.18. The summed E-state index contributed by atoms with van der Waals surface area (Å²) in [6.07, 6.45) is 5.46. The maximum absolute atomic E-state index is 5.86. The predicted molar refractivity (Wildman–Crippen MR) is 81.5 cm³/mol. The van der Waals surface area contributed by atoms with Crippen molar-refractivity contribution < 1.29 is 9.47 Å². The number of hydrogen-bond donors (Lipinski definition) is 1. The van der Waals surface area contributed by atoms with Gasteiger partial charge in [-0.05, 0) is 37.4 Å². The highest BCUT2D eigenvalue weighted by Gasteiger charge is 2.28. The quantitative estimate of drug-likeness (QED) is 0.827. The second-order valence-corrected chi connectivity index (χ2v) is 5.10. The van der Waals surface area contributed by atoms with Crippen molar-refractivity contribution in [1.82, 2.24) is 5.32 Å². The third-order valence-corrected chi connectivity index (χ3v) is 3.57. The Bertz CT molecular complexity index is 416. The Morgan fingerprint density at radius 3 is 2.70 bits per heavy atom. The Labute approximate surface area is 122 Å². The minimum absolute atomic E-state index is 0.0212. The van der Waals surface area contributed by atoms with E-state index in [4.69, 9.17) is 9.47 Å². The number of hydrogen-bond acceptors (Lipinski definition) is 3. The van der Waals surface area contributed by atoms with E-state index in [1.54, 1.807) is 7.11 Å². The van der Waals surface area contributed by atoms with Gasteiger partial charge in [0.2, 0.25) is 0 Å². The van der Waals surface area contributed by atoms with Crippen molar-refractivity contribution in [2.45, 2.75) is 38.3 Å². The third kappa shape index (κ3) is 3.84. The van der Waals surface area contributed by atoms with E-state index >= 15 is 0 Å². The minimum atomic E-state index is -0.0212. The molecule has 0 fully saturated rings. The van der Waals surface area contributed by atoms with E-state index in [0.29, 0.717) is 0 Å². The van der Waals surface area contributed by atoms with Gasteiger partial charge < -0.3 is 14.8 Å². The van der Waals surface area contributed by atoms with Crippen LogP contribution in [0.25, 0.3) is 0 Å². The van der Waals surface area contributed by atoms with E-state index < -0.39 is 0 Å². The van der Waals surface area contributed by atoms with Gasteiger partial charge in [-0.2, -0.15) is 0 Å². The Kier molecular flexibility index (Phi) is 6.09. The fourth-order valence-corrected chi connectivity index (χ4v) is 2.56. The van der Waals surface area contributed by atoms with Crippen LogP contribution >= 0.6 is 0 Å². The van der Waals surface area contributed by atoms with Crippen molar-refractivity contribution in [1.29, 1.82) is 0 Å². The fourth-order valence-electron chi connectivity index (χ4n) is 2.56. The van der Waals surface area contributed by atoms with Crippen molar-refractivity contribution in [3.05, 3.63) is 47.7 Å². The first kappa shape index (κ1) is 15.1. The number of rotatable bonds is 7. The molecule has 2 atom stereocenters. The normalized spacial score (nSPS) is 18.0. The number of methoxy groups -OCH3 is 1. The number of nitrogens with one attached hydrogen (secondary N) is 1. The van der Waals surface area contributed by atoms with E-state index in [1.807, 2.05) is 18.2 Å². The van der Waals surface area contributed by atoms with Crippen LogP contribution in [0.5, 0.6) is 0 Å². The first-order valence-electron chi connectivity index (χ1n) is 7.50. The summed E-state index contributed by atoms with van der Waals surface area (Å²) in [5.74, 6) is 1.03. The second-order valence-electron chi connectivity index (χ2n) is 5.10. The molecule has 2 rings (SSSR count). The lowest BCUT2D eigenvalue weighted by Crippen LogP contribution is -2.39. The second kappa shape index (κ2) is 8.08. The van der Waals surface area contributed by atoms with Gasteiger partial charge in [-0.1, -0.05) is 37.3 Å². The van der Waals surface area contributed by atoms with Gasteiger partial charge in [-0.25, -0.2) is 0 Å². The van der Waals surface area contributed by atoms with Gasteiger partial charge >= 0.3 is 0 Å². The molecule has 0 amide bonds. The number of ether oxygens (including phenoxy) is 2. The fraction of sp³-hybridized carbons (Fsp3) is 0.529. The van der Waals surface area contributed by atoms with Gasteiger partial charge in [0, 0.05) is 7.11 Å². The highest BCUT2D eigenvalue weighted by Crippen LogP contribution is 2.27. The van der Waals surface area contributed by atoms with Gasteiger partial charge in [-0.15, -0.1) is 0 Å². The lowest BCUT2D eigenvalue weighted by atomic mass is 9.98. The SMILES string of the molecule is CCCNC(C1=CCCCO1)C(OC)c1ccccc1. The summed E-state index contributed by atoms with van der Waals surface area (Å²) in [4.78, 5) is 0. The zero-order valence-corrected chi connectivity index (χ0v) is 12.5. The van der Waals surface area contributed by atoms with Crippen molar-refractivity contribution in [2.75, 3.05) is 20.3 Å². The molecular formula is C17H25NO2. The topological polar surface area (TPSA) is 30.5 Å². The monoisotopic (exact) mass is 275 g/mol. The minimum Gasteiger partial charge on any atom is -0.496 e. The van der Waals surface area contributed by atoms with Crippen molar-refractivity contribution in [3.8, 4) is 0 Å². The summed E-state index contributed by atoms with van der Waals surface area (Å²) >= 11 is 0. The maximum Gasteiger partial charge on any atom is 0.112 e. The molecule has 0 saturated carbocycles. The van der Waals surface area contributed by atoms with Crippen LogP contribution in [0.3, 0.4) is 0 Å². The molecule has 1 N–H and O–H groups in total. The average Bonchev–Trinajstić information content (AvgIpc) is 2.53. The molecule has 3 nitrogen and oxygen atoms in total. The van der Waals surface area contributed by atoms with Crippen LogP contribution in [0.15, 0.2) is 42.2 Å². The molecule has 1 aliphatic heterocycles.